The van der Waals surface area contributed by atoms with Crippen LogP contribution in [0.15, 0.2) is 12.1 Å². The van der Waals surface area contributed by atoms with Crippen molar-refractivity contribution in [3.8, 4) is 0 Å². The number of hydrogen-bond acceptors (Lipinski definition) is 4. The van der Waals surface area contributed by atoms with Gasteiger partial charge < -0.3 is 10.1 Å². The molecular weight excluding hydrogens is 267 g/mol. The quantitative estimate of drug-likeness (QED) is 0.663. The standard InChI is InChI=1S/C10H12Cl2N2O3/c1-6(17-2)5-13-9-3-7(11)8(12)4-10(9)14(15)16/h3-4,6,13H,5H2,1-2H3. The van der Waals surface area contributed by atoms with E-state index in [-0.39, 0.29) is 21.8 Å². The fourth-order valence-corrected chi connectivity index (χ4v) is 1.49. The van der Waals surface area contributed by atoms with Crippen molar-refractivity contribution >= 4 is 34.6 Å². The van der Waals surface area contributed by atoms with Crippen molar-refractivity contribution in [2.45, 2.75) is 13.0 Å². The van der Waals surface area contributed by atoms with Crippen molar-refractivity contribution in [1.29, 1.82) is 0 Å². The number of nitro groups is 1. The number of rotatable bonds is 5. The zero-order valence-electron chi connectivity index (χ0n) is 9.37. The second kappa shape index (κ2) is 6.05. The average molecular weight is 279 g/mol. The molecule has 1 atom stereocenters. The Balaban J connectivity index is 2.96. The molecule has 1 rings (SSSR count). The molecule has 1 N–H and O–H groups in total. The summed E-state index contributed by atoms with van der Waals surface area (Å²) in [6.07, 6.45) is -0.0657. The SMILES string of the molecule is COC(C)CNc1cc(Cl)c(Cl)cc1[N+](=O)[O-]. The zero-order valence-corrected chi connectivity index (χ0v) is 10.9. The lowest BCUT2D eigenvalue weighted by Crippen LogP contribution is -2.18. The van der Waals surface area contributed by atoms with Crippen LogP contribution in [0.1, 0.15) is 6.92 Å². The molecule has 94 valence electrons. The summed E-state index contributed by atoms with van der Waals surface area (Å²) in [7, 11) is 1.57. The first-order valence-corrected chi connectivity index (χ1v) is 5.61. The minimum atomic E-state index is -0.512. The number of nitrogens with zero attached hydrogens (tertiary/aromatic N) is 1. The topological polar surface area (TPSA) is 64.4 Å². The maximum absolute atomic E-state index is 10.8. The lowest BCUT2D eigenvalue weighted by molar-refractivity contribution is -0.383. The Hall–Kier alpha value is -1.04. The predicted octanol–water partition coefficient (Wildman–Crippen LogP) is 3.35. The van der Waals surface area contributed by atoms with E-state index in [0.717, 1.165) is 0 Å². The van der Waals surface area contributed by atoms with E-state index in [1.807, 2.05) is 6.92 Å². The number of methoxy groups -OCH3 is 1. The molecule has 0 heterocycles. The molecular formula is C10H12Cl2N2O3. The predicted molar refractivity (Wildman–Crippen MR) is 68.1 cm³/mol. The van der Waals surface area contributed by atoms with Gasteiger partial charge in [-0.15, -0.1) is 0 Å². The average Bonchev–Trinajstić information content (AvgIpc) is 2.29. The summed E-state index contributed by atoms with van der Waals surface area (Å²) in [6, 6.07) is 2.66. The van der Waals surface area contributed by atoms with Crippen LogP contribution in [0.25, 0.3) is 0 Å². The highest BCUT2D eigenvalue weighted by Gasteiger charge is 2.17. The Morgan fingerprint density at radius 3 is 2.59 bits per heavy atom. The van der Waals surface area contributed by atoms with E-state index >= 15 is 0 Å². The van der Waals surface area contributed by atoms with Crippen molar-refractivity contribution in [2.75, 3.05) is 19.0 Å². The molecule has 0 aromatic heterocycles. The summed E-state index contributed by atoms with van der Waals surface area (Å²) in [4.78, 5) is 10.3. The third-order valence-corrected chi connectivity index (χ3v) is 2.94. The number of hydrogen-bond donors (Lipinski definition) is 1. The molecule has 0 saturated heterocycles. The van der Waals surface area contributed by atoms with Gasteiger partial charge >= 0.3 is 0 Å². The molecule has 1 aromatic rings. The van der Waals surface area contributed by atoms with Crippen molar-refractivity contribution in [2.24, 2.45) is 0 Å². The molecule has 17 heavy (non-hydrogen) atoms. The molecule has 0 spiro atoms. The second-order valence-corrected chi connectivity index (χ2v) is 4.28. The molecule has 0 aliphatic carbocycles. The third kappa shape index (κ3) is 3.73. The van der Waals surface area contributed by atoms with Gasteiger partial charge in [-0.1, -0.05) is 23.2 Å². The molecule has 0 radical (unpaired) electrons. The molecule has 7 heteroatoms. The minimum absolute atomic E-state index is 0.0657. The molecule has 0 aliphatic heterocycles. The summed E-state index contributed by atoms with van der Waals surface area (Å²) in [6.45, 7) is 2.28. The Morgan fingerprint density at radius 2 is 2.06 bits per heavy atom. The summed E-state index contributed by atoms with van der Waals surface area (Å²) in [5, 5.41) is 14.2. The van der Waals surface area contributed by atoms with Crippen LogP contribution in [-0.2, 0) is 4.74 Å². The number of benzene rings is 1. The van der Waals surface area contributed by atoms with Crippen LogP contribution in [0, 0.1) is 10.1 Å². The molecule has 0 saturated carbocycles. The van der Waals surface area contributed by atoms with Gasteiger partial charge in [-0.25, -0.2) is 0 Å². The van der Waals surface area contributed by atoms with Crippen LogP contribution in [0.5, 0.6) is 0 Å². The van der Waals surface area contributed by atoms with Gasteiger partial charge in [0.2, 0.25) is 0 Å². The highest BCUT2D eigenvalue weighted by molar-refractivity contribution is 6.42. The van der Waals surface area contributed by atoms with E-state index in [9.17, 15) is 10.1 Å². The number of ether oxygens (including phenoxy) is 1. The van der Waals surface area contributed by atoms with Crippen LogP contribution in [0.4, 0.5) is 11.4 Å². The van der Waals surface area contributed by atoms with Crippen molar-refractivity contribution in [3.63, 3.8) is 0 Å². The molecule has 1 aromatic carbocycles. The van der Waals surface area contributed by atoms with Gasteiger partial charge in [-0.2, -0.15) is 0 Å². The lowest BCUT2D eigenvalue weighted by atomic mass is 10.2. The van der Waals surface area contributed by atoms with Gasteiger partial charge in [0.15, 0.2) is 0 Å². The smallest absolute Gasteiger partial charge is 0.293 e. The zero-order chi connectivity index (χ0) is 13.0. The fourth-order valence-electron chi connectivity index (χ4n) is 1.17. The minimum Gasteiger partial charge on any atom is -0.380 e. The first kappa shape index (κ1) is 14.0. The van der Waals surface area contributed by atoms with Gasteiger partial charge in [0.25, 0.3) is 5.69 Å². The monoisotopic (exact) mass is 278 g/mol. The molecule has 1 unspecified atom stereocenters. The van der Waals surface area contributed by atoms with Gasteiger partial charge in [0, 0.05) is 19.7 Å². The molecule has 0 bridgehead atoms. The van der Waals surface area contributed by atoms with Gasteiger partial charge in [0.05, 0.1) is 21.1 Å². The lowest BCUT2D eigenvalue weighted by Gasteiger charge is -2.12. The second-order valence-electron chi connectivity index (χ2n) is 3.47. The summed E-state index contributed by atoms with van der Waals surface area (Å²) < 4.78 is 5.03. The summed E-state index contributed by atoms with van der Waals surface area (Å²) in [5.41, 5.74) is 0.219. The van der Waals surface area contributed by atoms with E-state index in [1.54, 1.807) is 7.11 Å². The van der Waals surface area contributed by atoms with Crippen LogP contribution < -0.4 is 5.32 Å². The van der Waals surface area contributed by atoms with E-state index in [4.69, 9.17) is 27.9 Å². The largest absolute Gasteiger partial charge is 0.380 e. The Labute approximate surface area is 109 Å². The van der Waals surface area contributed by atoms with Crippen molar-refractivity contribution < 1.29 is 9.66 Å². The van der Waals surface area contributed by atoms with Gasteiger partial charge in [0.1, 0.15) is 5.69 Å². The normalized spacial score (nSPS) is 12.2. The van der Waals surface area contributed by atoms with Crippen molar-refractivity contribution in [3.05, 3.63) is 32.3 Å². The highest BCUT2D eigenvalue weighted by Crippen LogP contribution is 2.33. The van der Waals surface area contributed by atoms with Crippen molar-refractivity contribution in [1.82, 2.24) is 0 Å². The first-order valence-electron chi connectivity index (χ1n) is 4.85. The number of anilines is 1. The van der Waals surface area contributed by atoms with E-state index < -0.39 is 4.92 Å². The first-order chi connectivity index (χ1) is 7.95. The Kier molecular flexibility index (Phi) is 4.99. The Morgan fingerprint density at radius 1 is 1.47 bits per heavy atom. The van der Waals surface area contributed by atoms with E-state index in [0.29, 0.717) is 12.2 Å². The van der Waals surface area contributed by atoms with Crippen LogP contribution in [0.2, 0.25) is 10.0 Å². The van der Waals surface area contributed by atoms with Gasteiger partial charge in [-0.3, -0.25) is 10.1 Å². The molecule has 0 aliphatic rings. The van der Waals surface area contributed by atoms with E-state index in [1.165, 1.54) is 12.1 Å². The van der Waals surface area contributed by atoms with Gasteiger partial charge in [-0.05, 0) is 13.0 Å². The summed E-state index contributed by atoms with van der Waals surface area (Å²) >= 11 is 11.5. The summed E-state index contributed by atoms with van der Waals surface area (Å²) in [5.74, 6) is 0. The Bertz CT molecular complexity index is 426. The number of nitrogens with one attached hydrogen (secondary N) is 1. The van der Waals surface area contributed by atoms with Crippen LogP contribution >= 0.6 is 23.2 Å². The number of halogens is 2. The van der Waals surface area contributed by atoms with Crippen LogP contribution in [0.3, 0.4) is 0 Å². The van der Waals surface area contributed by atoms with Crippen LogP contribution in [-0.4, -0.2) is 24.7 Å². The molecule has 5 nitrogen and oxygen atoms in total. The maximum Gasteiger partial charge on any atom is 0.293 e. The van der Waals surface area contributed by atoms with E-state index in [2.05, 4.69) is 5.32 Å². The maximum atomic E-state index is 10.8. The fraction of sp³-hybridized carbons (Fsp3) is 0.400. The number of nitro benzene ring substituents is 1. The highest BCUT2D eigenvalue weighted by atomic mass is 35.5. The molecule has 0 fully saturated rings. The third-order valence-electron chi connectivity index (χ3n) is 2.22. The molecule has 0 amide bonds.